The highest BCUT2D eigenvalue weighted by Gasteiger charge is 2.24. The number of aromatic nitrogens is 2. The van der Waals surface area contributed by atoms with Gasteiger partial charge in [-0.25, -0.2) is 0 Å². The van der Waals surface area contributed by atoms with Gasteiger partial charge in [0.25, 0.3) is 10.2 Å². The van der Waals surface area contributed by atoms with Gasteiger partial charge >= 0.3 is 0 Å². The molecule has 0 fully saturated rings. The maximum Gasteiger partial charge on any atom is 0.280 e. The molecule has 0 spiro atoms. The molecule has 98 valence electrons. The second-order valence-electron chi connectivity index (χ2n) is 3.61. The maximum absolute atomic E-state index is 11.9. The van der Waals surface area contributed by atoms with Gasteiger partial charge in [-0.2, -0.15) is 22.4 Å². The molecule has 0 bridgehead atoms. The van der Waals surface area contributed by atoms with Crippen molar-refractivity contribution < 1.29 is 12.9 Å². The monoisotopic (exact) mass is 262 g/mol. The summed E-state index contributed by atoms with van der Waals surface area (Å²) in [6.45, 7) is 7.74. The highest BCUT2D eigenvalue weighted by Crippen LogP contribution is 2.11. The van der Waals surface area contributed by atoms with Gasteiger partial charge in [-0.3, -0.25) is 0 Å². The van der Waals surface area contributed by atoms with Crippen LogP contribution in [0.2, 0.25) is 0 Å². The minimum Gasteiger partial charge on any atom is -0.338 e. The van der Waals surface area contributed by atoms with Crippen molar-refractivity contribution >= 4 is 10.2 Å². The summed E-state index contributed by atoms with van der Waals surface area (Å²) in [5, 5.41) is 3.62. The third-order valence-corrected chi connectivity index (χ3v) is 4.13. The fraction of sp³-hybridized carbons (Fsp3) is 0.778. The van der Waals surface area contributed by atoms with Gasteiger partial charge in [0.1, 0.15) is 0 Å². The molecule has 0 aliphatic rings. The third-order valence-electron chi connectivity index (χ3n) is 2.28. The Hall–Kier alpha value is -0.990. The number of aryl methyl sites for hydroxylation is 1. The Kier molecular flexibility index (Phi) is 4.61. The molecule has 0 aliphatic carbocycles. The van der Waals surface area contributed by atoms with Crippen molar-refractivity contribution in [1.29, 1.82) is 0 Å². The predicted molar refractivity (Wildman–Crippen MR) is 62.4 cm³/mol. The average Bonchev–Trinajstić information content (AvgIpc) is 2.65. The molecule has 1 aromatic heterocycles. The smallest absolute Gasteiger partial charge is 0.280 e. The summed E-state index contributed by atoms with van der Waals surface area (Å²) in [6, 6.07) is -0.540. The summed E-state index contributed by atoms with van der Waals surface area (Å²) in [4.78, 5) is 3.98. The van der Waals surface area contributed by atoms with E-state index in [0.717, 1.165) is 0 Å². The van der Waals surface area contributed by atoms with E-state index in [0.29, 0.717) is 18.9 Å². The zero-order chi connectivity index (χ0) is 13.1. The van der Waals surface area contributed by atoms with Crippen LogP contribution >= 0.6 is 0 Å². The van der Waals surface area contributed by atoms with Gasteiger partial charge in [0, 0.05) is 13.1 Å². The largest absolute Gasteiger partial charge is 0.338 e. The molecule has 1 atom stereocenters. The molecule has 0 saturated heterocycles. The van der Waals surface area contributed by atoms with E-state index in [9.17, 15) is 8.42 Å². The molecular formula is C9H18N4O3S. The molecule has 1 rings (SSSR count). The number of nitrogens with zero attached hydrogens (tertiary/aromatic N) is 3. The Morgan fingerprint density at radius 1 is 1.41 bits per heavy atom. The summed E-state index contributed by atoms with van der Waals surface area (Å²) >= 11 is 0. The number of nitrogens with one attached hydrogen (secondary N) is 1. The maximum atomic E-state index is 11.9. The quantitative estimate of drug-likeness (QED) is 0.811. The van der Waals surface area contributed by atoms with Crippen molar-refractivity contribution in [1.82, 2.24) is 19.2 Å². The molecule has 0 radical (unpaired) electrons. The van der Waals surface area contributed by atoms with Crippen LogP contribution < -0.4 is 4.72 Å². The highest BCUT2D eigenvalue weighted by atomic mass is 32.2. The van der Waals surface area contributed by atoms with Crippen molar-refractivity contribution in [3.05, 3.63) is 11.7 Å². The van der Waals surface area contributed by atoms with Crippen LogP contribution in [-0.2, 0) is 10.2 Å². The fourth-order valence-corrected chi connectivity index (χ4v) is 2.78. The van der Waals surface area contributed by atoms with Crippen LogP contribution in [0.15, 0.2) is 4.52 Å². The number of hydrogen-bond donors (Lipinski definition) is 1. The molecule has 0 amide bonds. The van der Waals surface area contributed by atoms with Crippen LogP contribution in [0, 0.1) is 6.92 Å². The van der Waals surface area contributed by atoms with E-state index in [-0.39, 0.29) is 5.89 Å². The molecule has 0 saturated carbocycles. The lowest BCUT2D eigenvalue weighted by molar-refractivity contribution is 0.345. The molecule has 1 aromatic rings. The van der Waals surface area contributed by atoms with Gasteiger partial charge in [-0.1, -0.05) is 19.0 Å². The van der Waals surface area contributed by atoms with Crippen LogP contribution in [0.4, 0.5) is 0 Å². The SMILES string of the molecule is CCN(CC)S(=O)(=O)N[C@H](C)c1nc(C)no1. The molecule has 7 nitrogen and oxygen atoms in total. The first-order valence-corrected chi connectivity index (χ1v) is 6.92. The van der Waals surface area contributed by atoms with Gasteiger partial charge in [0.15, 0.2) is 5.82 Å². The number of rotatable bonds is 6. The van der Waals surface area contributed by atoms with E-state index < -0.39 is 16.3 Å². The standard InChI is InChI=1S/C9H18N4O3S/c1-5-13(6-2)17(14,15)12-7(3)9-10-8(4)11-16-9/h7,12H,5-6H2,1-4H3/t7-/m1/s1. The zero-order valence-electron chi connectivity index (χ0n) is 10.5. The first-order valence-electron chi connectivity index (χ1n) is 5.48. The molecule has 0 unspecified atom stereocenters. The summed E-state index contributed by atoms with van der Waals surface area (Å²) < 4.78 is 32.5. The van der Waals surface area contributed by atoms with Gasteiger partial charge in [-0.15, -0.1) is 0 Å². The Labute approximate surface area is 101 Å². The number of hydrogen-bond acceptors (Lipinski definition) is 5. The molecular weight excluding hydrogens is 244 g/mol. The van der Waals surface area contributed by atoms with E-state index >= 15 is 0 Å². The lowest BCUT2D eigenvalue weighted by Gasteiger charge is -2.20. The molecule has 17 heavy (non-hydrogen) atoms. The van der Waals surface area contributed by atoms with E-state index in [1.807, 2.05) is 0 Å². The lowest BCUT2D eigenvalue weighted by Crippen LogP contribution is -2.41. The first-order chi connectivity index (χ1) is 7.90. The van der Waals surface area contributed by atoms with Crippen molar-refractivity contribution in [2.24, 2.45) is 0 Å². The second kappa shape index (κ2) is 5.56. The second-order valence-corrected chi connectivity index (χ2v) is 5.31. The van der Waals surface area contributed by atoms with Crippen molar-refractivity contribution in [3.63, 3.8) is 0 Å². The Balaban J connectivity index is 2.77. The Morgan fingerprint density at radius 2 is 2.00 bits per heavy atom. The summed E-state index contributed by atoms with van der Waals surface area (Å²) in [5.74, 6) is 0.743. The molecule has 1 N–H and O–H groups in total. The summed E-state index contributed by atoms with van der Waals surface area (Å²) in [7, 11) is -3.51. The van der Waals surface area contributed by atoms with Crippen molar-refractivity contribution in [3.8, 4) is 0 Å². The molecule has 8 heteroatoms. The third kappa shape index (κ3) is 3.48. The van der Waals surface area contributed by atoms with Crippen molar-refractivity contribution in [2.75, 3.05) is 13.1 Å². The van der Waals surface area contributed by atoms with E-state index in [1.165, 1.54) is 4.31 Å². The summed E-state index contributed by atoms with van der Waals surface area (Å²) in [5.41, 5.74) is 0. The topological polar surface area (TPSA) is 88.3 Å². The average molecular weight is 262 g/mol. The van der Waals surface area contributed by atoms with Gasteiger partial charge in [0.05, 0.1) is 6.04 Å². The zero-order valence-corrected chi connectivity index (χ0v) is 11.3. The van der Waals surface area contributed by atoms with Crippen LogP contribution in [0.3, 0.4) is 0 Å². The normalized spacial score (nSPS) is 14.2. The van der Waals surface area contributed by atoms with Crippen LogP contribution in [0.1, 0.15) is 38.5 Å². The van der Waals surface area contributed by atoms with Gasteiger partial charge < -0.3 is 4.52 Å². The Bertz CT molecular complexity index is 453. The van der Waals surface area contributed by atoms with Gasteiger partial charge in [0.2, 0.25) is 5.89 Å². The van der Waals surface area contributed by atoms with E-state index in [1.54, 1.807) is 27.7 Å². The first kappa shape index (κ1) is 14.1. The van der Waals surface area contributed by atoms with Crippen LogP contribution in [-0.4, -0.2) is 36.0 Å². The highest BCUT2D eigenvalue weighted by molar-refractivity contribution is 7.87. The van der Waals surface area contributed by atoms with Crippen molar-refractivity contribution in [2.45, 2.75) is 33.7 Å². The minimum atomic E-state index is -3.51. The van der Waals surface area contributed by atoms with E-state index in [4.69, 9.17) is 4.52 Å². The fourth-order valence-electron chi connectivity index (χ4n) is 1.40. The molecule has 0 aliphatic heterocycles. The molecule has 1 heterocycles. The minimum absolute atomic E-state index is 0.262. The van der Waals surface area contributed by atoms with Gasteiger partial charge in [-0.05, 0) is 13.8 Å². The molecule has 0 aromatic carbocycles. The van der Waals surface area contributed by atoms with Crippen LogP contribution in [0.5, 0.6) is 0 Å². The lowest BCUT2D eigenvalue weighted by atomic mass is 10.4. The van der Waals surface area contributed by atoms with E-state index in [2.05, 4.69) is 14.9 Å². The summed E-state index contributed by atoms with van der Waals surface area (Å²) in [6.07, 6.45) is 0. The predicted octanol–water partition coefficient (Wildman–Crippen LogP) is 0.615. The Morgan fingerprint density at radius 3 is 2.41 bits per heavy atom. The van der Waals surface area contributed by atoms with Crippen LogP contribution in [0.25, 0.3) is 0 Å².